The van der Waals surface area contributed by atoms with Crippen LogP contribution in [0.5, 0.6) is 0 Å². The number of nitrogen functional groups attached to an aromatic ring is 1. The third kappa shape index (κ3) is 7.29. The first kappa shape index (κ1) is 33.9. The second-order valence-corrected chi connectivity index (χ2v) is 10.8. The van der Waals surface area contributed by atoms with E-state index >= 15 is 0 Å². The monoisotopic (exact) mass is 629 g/mol. The number of nitrogens with one attached hydrogen (secondary N) is 1. The summed E-state index contributed by atoms with van der Waals surface area (Å²) in [5, 5.41) is 72.8. The summed E-state index contributed by atoms with van der Waals surface area (Å²) >= 11 is 0. The molecule has 7 unspecified atom stereocenters. The summed E-state index contributed by atoms with van der Waals surface area (Å²) in [6.07, 6.45) is -14.9. The van der Waals surface area contributed by atoms with Gasteiger partial charge in [-0.3, -0.25) is 13.9 Å². The third-order valence-electron chi connectivity index (χ3n) is 6.46. The van der Waals surface area contributed by atoms with Crippen molar-refractivity contribution in [2.75, 3.05) is 25.5 Å². The number of hydrogen-bond donors (Lipinski definition) is 11. The molecule has 1 amide bonds. The minimum atomic E-state index is -5.54. The van der Waals surface area contributed by atoms with E-state index in [2.05, 4.69) is 10.3 Å². The number of phosphoric ester groups is 1. The van der Waals surface area contributed by atoms with Crippen molar-refractivity contribution in [3.8, 4) is 0 Å². The molecule has 3 heterocycles. The van der Waals surface area contributed by atoms with Gasteiger partial charge in [0.05, 0.1) is 31.9 Å². The number of carboxylic acid groups (broad SMARTS) is 1. The van der Waals surface area contributed by atoms with E-state index in [1.54, 1.807) is 0 Å². The Morgan fingerprint density at radius 3 is 2.52 bits per heavy atom. The first-order chi connectivity index (χ1) is 19.6. The Balaban J connectivity index is 1.79. The zero-order chi connectivity index (χ0) is 31.6. The summed E-state index contributed by atoms with van der Waals surface area (Å²) in [7, 11) is -5.54. The number of phosphoric acid groups is 1. The number of hydrogen-bond acceptors (Lipinski definition) is 17. The van der Waals surface area contributed by atoms with Gasteiger partial charge in [-0.05, 0) is 6.07 Å². The third-order valence-corrected chi connectivity index (χ3v) is 7.46. The van der Waals surface area contributed by atoms with Crippen LogP contribution in [-0.2, 0) is 32.7 Å². The lowest BCUT2D eigenvalue weighted by Gasteiger charge is -2.46. The van der Waals surface area contributed by atoms with Gasteiger partial charge in [0.2, 0.25) is 5.91 Å². The highest BCUT2D eigenvalue weighted by Crippen LogP contribution is 2.51. The number of carbonyl (C=O) groups excluding carboxylic acids is 1. The molecule has 2 saturated heterocycles. The number of anilines is 1. The number of carbonyl (C=O) groups is 2. The Morgan fingerprint density at radius 1 is 1.29 bits per heavy atom. The highest BCUT2D eigenvalue weighted by atomic mass is 31.2. The van der Waals surface area contributed by atoms with Crippen LogP contribution in [0.1, 0.15) is 12.6 Å². The molecule has 1 aromatic heterocycles. The van der Waals surface area contributed by atoms with Crippen molar-refractivity contribution in [2.24, 2.45) is 5.73 Å². The topological polar surface area (TPSA) is 349 Å². The maximum absolute atomic E-state index is 12.8. The number of ether oxygens (including phenoxy) is 2. The van der Waals surface area contributed by atoms with Crippen LogP contribution < -0.4 is 22.5 Å². The van der Waals surface area contributed by atoms with Crippen LogP contribution in [-0.4, -0.2) is 136 Å². The minimum absolute atomic E-state index is 0.140. The zero-order valence-electron chi connectivity index (χ0n) is 21.5. The Morgan fingerprint density at radius 2 is 1.95 bits per heavy atom. The van der Waals surface area contributed by atoms with Crippen LogP contribution in [0.4, 0.5) is 5.82 Å². The van der Waals surface area contributed by atoms with Crippen LogP contribution in [0.3, 0.4) is 0 Å². The van der Waals surface area contributed by atoms with E-state index in [0.29, 0.717) is 0 Å². The molecule has 42 heavy (non-hydrogen) atoms. The van der Waals surface area contributed by atoms with Gasteiger partial charge in [0.15, 0.2) is 6.23 Å². The Kier molecular flexibility index (Phi) is 10.8. The molecule has 2 aliphatic rings. The average molecular weight is 629 g/mol. The van der Waals surface area contributed by atoms with Crippen LogP contribution in [0.15, 0.2) is 17.1 Å². The molecule has 0 aliphatic carbocycles. The van der Waals surface area contributed by atoms with E-state index in [1.165, 1.54) is 6.07 Å². The standard InChI is InChI=1S/C20H32N5O16P/c21-4-11(29)24-12-7(27)3-20(18(33)34,40-16(12)13(30)8(28)5-26)41-42(36,37)38-6-9-14(31)15(32)17(39-9)25-2-1-10(22)23-19(25)35/h1-2,7-9,12-17,26-28,30-32H,3-6,21H2,(H,24,29)(H,33,34)(H,36,37)(H2,22,23,35)/t7?,8-,9-,12?,13?,14?,15+,16?,17-,20?/m1/s1. The largest absolute Gasteiger partial charge is 0.477 e. The van der Waals surface area contributed by atoms with Crippen LogP contribution in [0, 0.1) is 0 Å². The number of aliphatic hydroxyl groups excluding tert-OH is 6. The van der Waals surface area contributed by atoms with E-state index < -0.39 is 112 Å². The van der Waals surface area contributed by atoms with Crippen molar-refractivity contribution >= 4 is 25.5 Å². The van der Waals surface area contributed by atoms with Gasteiger partial charge in [0.25, 0.3) is 5.79 Å². The first-order valence-corrected chi connectivity index (χ1v) is 13.7. The Hall–Kier alpha value is -2.63. The highest BCUT2D eigenvalue weighted by molar-refractivity contribution is 7.47. The molecule has 2 aliphatic heterocycles. The molecule has 13 N–H and O–H groups in total. The van der Waals surface area contributed by atoms with Crippen molar-refractivity contribution in [1.29, 1.82) is 0 Å². The van der Waals surface area contributed by atoms with E-state index in [1.807, 2.05) is 0 Å². The van der Waals surface area contributed by atoms with Crippen molar-refractivity contribution in [3.05, 3.63) is 22.7 Å². The van der Waals surface area contributed by atoms with Gasteiger partial charge in [-0.15, -0.1) is 0 Å². The second kappa shape index (κ2) is 13.3. The van der Waals surface area contributed by atoms with Crippen LogP contribution in [0.2, 0.25) is 0 Å². The Bertz CT molecular complexity index is 1240. The average Bonchev–Trinajstić information content (AvgIpc) is 3.20. The molecular formula is C20H32N5O16P. The predicted octanol–water partition coefficient (Wildman–Crippen LogP) is -6.33. The summed E-state index contributed by atoms with van der Waals surface area (Å²) in [6.45, 7) is -2.71. The number of amides is 1. The molecule has 11 atom stereocenters. The van der Waals surface area contributed by atoms with Crippen molar-refractivity contribution in [1.82, 2.24) is 14.9 Å². The maximum atomic E-state index is 12.8. The molecule has 2 fully saturated rings. The molecule has 21 nitrogen and oxygen atoms in total. The number of rotatable bonds is 12. The normalized spacial score (nSPS) is 34.3. The van der Waals surface area contributed by atoms with Gasteiger partial charge in [0, 0.05) is 12.6 Å². The van der Waals surface area contributed by atoms with Gasteiger partial charge in [-0.1, -0.05) is 0 Å². The lowest BCUT2D eigenvalue weighted by Crippen LogP contribution is -2.68. The molecule has 3 rings (SSSR count). The SMILES string of the molecule is NCC(=O)NC1C(O)CC(OP(=O)(O)OC[C@H]2O[C@@H](n3ccc(N)nc3=O)[C@@H](O)C2O)(C(=O)O)OC1C(O)[C@H](O)CO. The number of aromatic nitrogens is 2. The maximum Gasteiger partial charge on any atom is 0.475 e. The van der Waals surface area contributed by atoms with Crippen molar-refractivity contribution in [2.45, 2.75) is 67.2 Å². The van der Waals surface area contributed by atoms with Gasteiger partial charge in [-0.2, -0.15) is 4.98 Å². The molecule has 0 saturated carbocycles. The lowest BCUT2D eigenvalue weighted by molar-refractivity contribution is -0.289. The summed E-state index contributed by atoms with van der Waals surface area (Å²) in [5.41, 5.74) is 9.68. The lowest BCUT2D eigenvalue weighted by atomic mass is 9.88. The Labute approximate surface area is 235 Å². The van der Waals surface area contributed by atoms with E-state index in [4.69, 9.17) is 30.0 Å². The number of nitrogens with two attached hydrogens (primary N) is 2. The molecule has 0 aromatic carbocycles. The molecule has 22 heteroatoms. The first-order valence-electron chi connectivity index (χ1n) is 12.2. The van der Waals surface area contributed by atoms with Crippen LogP contribution in [0.25, 0.3) is 0 Å². The summed E-state index contributed by atoms with van der Waals surface area (Å²) in [5.74, 6) is -6.39. The van der Waals surface area contributed by atoms with Crippen LogP contribution >= 0.6 is 7.82 Å². The highest BCUT2D eigenvalue weighted by Gasteiger charge is 2.59. The number of nitrogens with zero attached hydrogens (tertiary/aromatic N) is 2. The molecule has 0 radical (unpaired) electrons. The van der Waals surface area contributed by atoms with Gasteiger partial charge in [-0.25, -0.2) is 18.7 Å². The van der Waals surface area contributed by atoms with Crippen molar-refractivity contribution in [3.63, 3.8) is 0 Å². The fraction of sp³-hybridized carbons (Fsp3) is 0.700. The smallest absolute Gasteiger partial charge is 0.475 e. The molecule has 238 valence electrons. The number of aliphatic hydroxyl groups is 6. The summed E-state index contributed by atoms with van der Waals surface area (Å²) in [6, 6.07) is -0.442. The van der Waals surface area contributed by atoms with Crippen molar-refractivity contribution < 1.29 is 73.3 Å². The molecule has 1 aromatic rings. The summed E-state index contributed by atoms with van der Waals surface area (Å²) < 4.78 is 33.7. The van der Waals surface area contributed by atoms with E-state index in [0.717, 1.165) is 10.8 Å². The second-order valence-electron chi connectivity index (χ2n) is 9.39. The molecular weight excluding hydrogens is 597 g/mol. The van der Waals surface area contributed by atoms with Gasteiger partial charge < -0.3 is 66.9 Å². The van der Waals surface area contributed by atoms with Gasteiger partial charge in [0.1, 0.15) is 42.4 Å². The molecule has 0 bridgehead atoms. The van der Waals surface area contributed by atoms with E-state index in [9.17, 15) is 59.6 Å². The van der Waals surface area contributed by atoms with Gasteiger partial charge >= 0.3 is 19.5 Å². The molecule has 0 spiro atoms. The number of carboxylic acids is 1. The zero-order valence-corrected chi connectivity index (χ0v) is 22.4. The summed E-state index contributed by atoms with van der Waals surface area (Å²) in [4.78, 5) is 49.9. The number of aliphatic carboxylic acids is 1. The van der Waals surface area contributed by atoms with E-state index in [-0.39, 0.29) is 5.82 Å². The fourth-order valence-corrected chi connectivity index (χ4v) is 5.28. The fourth-order valence-electron chi connectivity index (χ4n) is 4.33. The predicted molar refractivity (Wildman–Crippen MR) is 132 cm³/mol. The minimum Gasteiger partial charge on any atom is -0.477 e. The quantitative estimate of drug-likeness (QED) is 0.0957.